The second-order valence-corrected chi connectivity index (χ2v) is 5.71. The molecule has 1 aromatic carbocycles. The first-order chi connectivity index (χ1) is 12.0. The van der Waals surface area contributed by atoms with Gasteiger partial charge in [0, 0.05) is 29.7 Å². The molecular formula is C17H16N4O4. The lowest BCUT2D eigenvalue weighted by Crippen LogP contribution is -2.28. The van der Waals surface area contributed by atoms with Crippen LogP contribution in [0, 0.1) is 5.92 Å². The molecule has 8 nitrogen and oxygen atoms in total. The van der Waals surface area contributed by atoms with E-state index in [1.807, 2.05) is 0 Å². The summed E-state index contributed by atoms with van der Waals surface area (Å²) in [6.07, 6.45) is 5.39. The molecule has 1 aliphatic carbocycles. The fourth-order valence-corrected chi connectivity index (χ4v) is 2.40. The van der Waals surface area contributed by atoms with Gasteiger partial charge in [-0.15, -0.1) is 0 Å². The third-order valence-electron chi connectivity index (χ3n) is 4.00. The third kappa shape index (κ3) is 3.79. The number of carbonyl (C=O) groups is 3. The highest BCUT2D eigenvalue weighted by Gasteiger charge is 2.25. The normalized spacial score (nSPS) is 13.6. The number of hydrogen-bond donors (Lipinski definition) is 3. The van der Waals surface area contributed by atoms with Crippen molar-refractivity contribution < 1.29 is 19.5 Å². The van der Waals surface area contributed by atoms with E-state index in [1.165, 1.54) is 12.4 Å². The fraction of sp³-hybridized carbons (Fsp3) is 0.235. The summed E-state index contributed by atoms with van der Waals surface area (Å²) in [4.78, 5) is 42.6. The van der Waals surface area contributed by atoms with Crippen LogP contribution < -0.4 is 10.6 Å². The van der Waals surface area contributed by atoms with Crippen LogP contribution in [-0.4, -0.2) is 32.9 Å². The molecule has 0 bridgehead atoms. The molecule has 2 amide bonds. The summed E-state index contributed by atoms with van der Waals surface area (Å²) < 4.78 is 0. The van der Waals surface area contributed by atoms with Crippen molar-refractivity contribution in [2.45, 2.75) is 19.3 Å². The van der Waals surface area contributed by atoms with Crippen molar-refractivity contribution in [1.82, 2.24) is 9.97 Å². The SMILES string of the molecule is O=C(O)c1nccnc1C(=O)Nc1ccc(NC(=O)C2CCC2)cc1. The van der Waals surface area contributed by atoms with E-state index in [4.69, 9.17) is 5.11 Å². The number of anilines is 2. The monoisotopic (exact) mass is 340 g/mol. The predicted molar refractivity (Wildman–Crippen MR) is 89.4 cm³/mol. The van der Waals surface area contributed by atoms with E-state index in [-0.39, 0.29) is 17.5 Å². The van der Waals surface area contributed by atoms with Crippen LogP contribution in [0.5, 0.6) is 0 Å². The van der Waals surface area contributed by atoms with Crippen molar-refractivity contribution in [1.29, 1.82) is 0 Å². The lowest BCUT2D eigenvalue weighted by molar-refractivity contribution is -0.122. The Hall–Kier alpha value is -3.29. The van der Waals surface area contributed by atoms with Gasteiger partial charge in [-0.1, -0.05) is 6.42 Å². The van der Waals surface area contributed by atoms with Gasteiger partial charge in [0.05, 0.1) is 0 Å². The first-order valence-electron chi connectivity index (χ1n) is 7.81. The number of hydrogen-bond acceptors (Lipinski definition) is 5. The molecule has 0 unspecified atom stereocenters. The highest BCUT2D eigenvalue weighted by atomic mass is 16.4. The van der Waals surface area contributed by atoms with Crippen LogP contribution in [-0.2, 0) is 4.79 Å². The summed E-state index contributed by atoms with van der Waals surface area (Å²) in [5, 5.41) is 14.4. The van der Waals surface area contributed by atoms with Gasteiger partial charge in [-0.05, 0) is 37.1 Å². The van der Waals surface area contributed by atoms with Crippen LogP contribution in [0.3, 0.4) is 0 Å². The zero-order valence-electron chi connectivity index (χ0n) is 13.2. The number of nitrogens with one attached hydrogen (secondary N) is 2. The number of aromatic carboxylic acids is 1. The number of rotatable bonds is 5. The van der Waals surface area contributed by atoms with Crippen LogP contribution in [0.1, 0.15) is 40.2 Å². The average Bonchev–Trinajstić information content (AvgIpc) is 2.55. The molecule has 0 atom stereocenters. The molecule has 128 valence electrons. The molecule has 1 heterocycles. The molecule has 0 aliphatic heterocycles. The van der Waals surface area contributed by atoms with Gasteiger partial charge in [-0.25, -0.2) is 14.8 Å². The first kappa shape index (κ1) is 16.6. The molecule has 1 saturated carbocycles. The molecule has 8 heteroatoms. The molecule has 1 fully saturated rings. The van der Waals surface area contributed by atoms with E-state index in [1.54, 1.807) is 24.3 Å². The van der Waals surface area contributed by atoms with Gasteiger partial charge >= 0.3 is 5.97 Å². The van der Waals surface area contributed by atoms with Crippen molar-refractivity contribution in [2.75, 3.05) is 10.6 Å². The van der Waals surface area contributed by atoms with Crippen molar-refractivity contribution in [3.8, 4) is 0 Å². The topological polar surface area (TPSA) is 121 Å². The van der Waals surface area contributed by atoms with Crippen LogP contribution >= 0.6 is 0 Å². The summed E-state index contributed by atoms with van der Waals surface area (Å²) >= 11 is 0. The number of carboxylic acids is 1. The quantitative estimate of drug-likeness (QED) is 0.767. The number of carbonyl (C=O) groups excluding carboxylic acids is 2. The van der Waals surface area contributed by atoms with Crippen LogP contribution in [0.4, 0.5) is 11.4 Å². The molecule has 3 rings (SSSR count). The fourth-order valence-electron chi connectivity index (χ4n) is 2.40. The molecule has 25 heavy (non-hydrogen) atoms. The van der Waals surface area contributed by atoms with Crippen LogP contribution in [0.2, 0.25) is 0 Å². The Kier molecular flexibility index (Phi) is 4.69. The summed E-state index contributed by atoms with van der Waals surface area (Å²) in [7, 11) is 0. The second kappa shape index (κ2) is 7.08. The van der Waals surface area contributed by atoms with E-state index in [0.717, 1.165) is 19.3 Å². The van der Waals surface area contributed by atoms with Gasteiger partial charge in [0.1, 0.15) is 0 Å². The largest absolute Gasteiger partial charge is 0.476 e. The van der Waals surface area contributed by atoms with E-state index < -0.39 is 17.6 Å². The standard InChI is InChI=1S/C17H16N4O4/c22-15(10-2-1-3-10)20-11-4-6-12(7-5-11)21-16(23)13-14(17(24)25)19-9-8-18-13/h4-10H,1-3H2,(H,20,22)(H,21,23)(H,24,25). The van der Waals surface area contributed by atoms with Crippen molar-refractivity contribution in [3.63, 3.8) is 0 Å². The van der Waals surface area contributed by atoms with E-state index in [2.05, 4.69) is 20.6 Å². The van der Waals surface area contributed by atoms with E-state index in [9.17, 15) is 14.4 Å². The van der Waals surface area contributed by atoms with Crippen molar-refractivity contribution in [3.05, 3.63) is 48.0 Å². The maximum absolute atomic E-state index is 12.2. The zero-order chi connectivity index (χ0) is 17.8. The first-order valence-corrected chi connectivity index (χ1v) is 7.81. The molecule has 2 aromatic rings. The van der Waals surface area contributed by atoms with Crippen molar-refractivity contribution >= 4 is 29.2 Å². The number of benzene rings is 1. The van der Waals surface area contributed by atoms with Crippen molar-refractivity contribution in [2.24, 2.45) is 5.92 Å². The van der Waals surface area contributed by atoms with E-state index >= 15 is 0 Å². The molecular weight excluding hydrogens is 324 g/mol. The lowest BCUT2D eigenvalue weighted by atomic mass is 9.85. The van der Waals surface area contributed by atoms with Gasteiger partial charge in [-0.3, -0.25) is 9.59 Å². The minimum absolute atomic E-state index is 0.00805. The molecule has 1 aliphatic rings. The molecule has 1 aromatic heterocycles. The summed E-state index contributed by atoms with van der Waals surface area (Å²) in [5.41, 5.74) is 0.413. The highest BCUT2D eigenvalue weighted by Crippen LogP contribution is 2.27. The minimum Gasteiger partial charge on any atom is -0.476 e. The Balaban J connectivity index is 1.66. The van der Waals surface area contributed by atoms with Gasteiger partial charge in [-0.2, -0.15) is 0 Å². The molecule has 0 radical (unpaired) electrons. The number of aromatic nitrogens is 2. The maximum atomic E-state index is 12.2. The van der Waals surface area contributed by atoms with Gasteiger partial charge in [0.15, 0.2) is 11.4 Å². The van der Waals surface area contributed by atoms with Gasteiger partial charge in [0.25, 0.3) is 5.91 Å². The van der Waals surface area contributed by atoms with Crippen LogP contribution in [0.15, 0.2) is 36.7 Å². The Morgan fingerprint density at radius 1 is 0.920 bits per heavy atom. The Morgan fingerprint density at radius 2 is 1.48 bits per heavy atom. The number of nitrogens with zero attached hydrogens (tertiary/aromatic N) is 2. The highest BCUT2D eigenvalue weighted by molar-refractivity contribution is 6.08. The average molecular weight is 340 g/mol. The summed E-state index contributed by atoms with van der Waals surface area (Å²) in [6.45, 7) is 0. The third-order valence-corrected chi connectivity index (χ3v) is 4.00. The minimum atomic E-state index is -1.33. The van der Waals surface area contributed by atoms with Gasteiger partial charge < -0.3 is 15.7 Å². The number of carboxylic acid groups (broad SMARTS) is 1. The molecule has 3 N–H and O–H groups in total. The smallest absolute Gasteiger partial charge is 0.356 e. The summed E-state index contributed by atoms with van der Waals surface area (Å²) in [5.74, 6) is -1.90. The second-order valence-electron chi connectivity index (χ2n) is 5.71. The van der Waals surface area contributed by atoms with Crippen LogP contribution in [0.25, 0.3) is 0 Å². The van der Waals surface area contributed by atoms with Gasteiger partial charge in [0.2, 0.25) is 5.91 Å². The maximum Gasteiger partial charge on any atom is 0.356 e. The Labute approximate surface area is 143 Å². The van der Waals surface area contributed by atoms with E-state index in [0.29, 0.717) is 11.4 Å². The molecule has 0 saturated heterocycles. The molecule has 0 spiro atoms. The Bertz CT molecular complexity index is 816. The number of amides is 2. The Morgan fingerprint density at radius 3 is 2.00 bits per heavy atom. The zero-order valence-corrected chi connectivity index (χ0v) is 13.2. The summed E-state index contributed by atoms with van der Waals surface area (Å²) in [6, 6.07) is 6.57. The lowest BCUT2D eigenvalue weighted by Gasteiger charge is -2.24. The predicted octanol–water partition coefficient (Wildman–Crippen LogP) is 2.17.